The van der Waals surface area contributed by atoms with Crippen molar-refractivity contribution in [1.29, 1.82) is 0 Å². The van der Waals surface area contributed by atoms with E-state index >= 15 is 0 Å². The van der Waals surface area contributed by atoms with Crippen LogP contribution < -0.4 is 5.32 Å². The number of aliphatic hydroxyl groups is 2. The molecule has 0 aliphatic carbocycles. The Labute approximate surface area is 496 Å². The molecule has 1 amide bonds. The highest BCUT2D eigenvalue weighted by molar-refractivity contribution is 5.76. The number of carbonyl (C=O) groups is 2. The van der Waals surface area contributed by atoms with Gasteiger partial charge < -0.3 is 20.3 Å². The molecule has 0 saturated carbocycles. The second-order valence-electron chi connectivity index (χ2n) is 25.6. The van der Waals surface area contributed by atoms with E-state index in [-0.39, 0.29) is 18.5 Å². The zero-order chi connectivity index (χ0) is 57.1. The van der Waals surface area contributed by atoms with Gasteiger partial charge in [-0.1, -0.05) is 393 Å². The molecular weight excluding hydrogens is 971 g/mol. The molecule has 6 heteroatoms. The highest BCUT2D eigenvalue weighted by Gasteiger charge is 2.20. The average Bonchev–Trinajstić information content (AvgIpc) is 3.45. The number of carbonyl (C=O) groups excluding carboxylic acids is 2. The van der Waals surface area contributed by atoms with Crippen LogP contribution in [0.15, 0.2) is 0 Å². The summed E-state index contributed by atoms with van der Waals surface area (Å²) in [7, 11) is 0. The molecule has 0 aliphatic rings. The van der Waals surface area contributed by atoms with Gasteiger partial charge in [-0.15, -0.1) is 0 Å². The molecule has 472 valence electrons. The fourth-order valence-corrected chi connectivity index (χ4v) is 12.1. The number of esters is 1. The highest BCUT2D eigenvalue weighted by Crippen LogP contribution is 2.20. The van der Waals surface area contributed by atoms with Crippen LogP contribution in [0.2, 0.25) is 0 Å². The maximum atomic E-state index is 12.5. The minimum atomic E-state index is -0.660. The summed E-state index contributed by atoms with van der Waals surface area (Å²) in [5.74, 6) is -0.00170. The molecule has 2 atom stereocenters. The van der Waals surface area contributed by atoms with E-state index in [1.807, 2.05) is 0 Å². The van der Waals surface area contributed by atoms with E-state index in [1.54, 1.807) is 0 Å². The Morgan fingerprint density at radius 1 is 0.304 bits per heavy atom. The first-order valence-corrected chi connectivity index (χ1v) is 36.8. The molecule has 0 bridgehead atoms. The van der Waals surface area contributed by atoms with Gasteiger partial charge in [0.2, 0.25) is 5.91 Å². The Morgan fingerprint density at radius 3 is 0.772 bits per heavy atom. The first-order valence-electron chi connectivity index (χ1n) is 36.8. The van der Waals surface area contributed by atoms with Crippen molar-refractivity contribution >= 4 is 11.9 Å². The van der Waals surface area contributed by atoms with E-state index in [2.05, 4.69) is 19.2 Å². The monoisotopic (exact) mass is 1120 g/mol. The lowest BCUT2D eigenvalue weighted by molar-refractivity contribution is -0.143. The van der Waals surface area contributed by atoms with Crippen LogP contribution >= 0.6 is 0 Å². The number of unbranched alkanes of at least 4 members (excludes halogenated alkanes) is 59. The fraction of sp³-hybridized carbons (Fsp3) is 0.973. The third-order valence-electron chi connectivity index (χ3n) is 17.7. The van der Waals surface area contributed by atoms with Crippen LogP contribution in [-0.4, -0.2) is 47.4 Å². The Kier molecular flexibility index (Phi) is 68.4. The van der Waals surface area contributed by atoms with Gasteiger partial charge in [0, 0.05) is 12.8 Å². The van der Waals surface area contributed by atoms with Crippen LogP contribution in [0.25, 0.3) is 0 Å². The minimum Gasteiger partial charge on any atom is -0.466 e. The van der Waals surface area contributed by atoms with Gasteiger partial charge in [0.05, 0.1) is 25.4 Å². The van der Waals surface area contributed by atoms with Crippen LogP contribution in [-0.2, 0) is 14.3 Å². The molecule has 0 spiro atoms. The topological polar surface area (TPSA) is 95.9 Å². The van der Waals surface area contributed by atoms with Crippen LogP contribution in [0.1, 0.15) is 431 Å². The summed E-state index contributed by atoms with van der Waals surface area (Å²) in [5, 5.41) is 23.3. The molecule has 6 nitrogen and oxygen atoms in total. The van der Waals surface area contributed by atoms with Gasteiger partial charge in [0.15, 0.2) is 0 Å². The summed E-state index contributed by atoms with van der Waals surface area (Å²) in [6.45, 7) is 5.01. The first kappa shape index (κ1) is 77.9. The zero-order valence-corrected chi connectivity index (χ0v) is 54.2. The molecule has 0 radical (unpaired) electrons. The van der Waals surface area contributed by atoms with Gasteiger partial charge in [0.1, 0.15) is 0 Å². The molecular formula is C73H145NO5. The van der Waals surface area contributed by atoms with Crippen molar-refractivity contribution in [2.75, 3.05) is 13.2 Å². The molecule has 0 aromatic carbocycles. The van der Waals surface area contributed by atoms with Crippen LogP contribution in [0.5, 0.6) is 0 Å². The summed E-state index contributed by atoms with van der Waals surface area (Å²) in [4.78, 5) is 24.6. The summed E-state index contributed by atoms with van der Waals surface area (Å²) in [6, 6.07) is -0.537. The summed E-state index contributed by atoms with van der Waals surface area (Å²) in [5.41, 5.74) is 0. The second-order valence-corrected chi connectivity index (χ2v) is 25.6. The van der Waals surface area contributed by atoms with Crippen molar-refractivity contribution < 1.29 is 24.5 Å². The minimum absolute atomic E-state index is 0.0258. The van der Waals surface area contributed by atoms with Gasteiger partial charge in [-0.25, -0.2) is 0 Å². The number of nitrogens with one attached hydrogen (secondary N) is 1. The summed E-state index contributed by atoms with van der Waals surface area (Å²) in [6.07, 6.45) is 84.6. The van der Waals surface area contributed by atoms with Gasteiger partial charge in [-0.3, -0.25) is 9.59 Å². The van der Waals surface area contributed by atoms with E-state index < -0.39 is 12.1 Å². The van der Waals surface area contributed by atoms with Gasteiger partial charge in [0.25, 0.3) is 0 Å². The fourth-order valence-electron chi connectivity index (χ4n) is 12.1. The van der Waals surface area contributed by atoms with Crippen molar-refractivity contribution in [3.63, 3.8) is 0 Å². The Balaban J connectivity index is 3.29. The molecule has 3 N–H and O–H groups in total. The Bertz CT molecular complexity index is 1150. The third kappa shape index (κ3) is 65.9. The van der Waals surface area contributed by atoms with Crippen LogP contribution in [0, 0.1) is 0 Å². The molecule has 0 saturated heterocycles. The van der Waals surface area contributed by atoms with E-state index in [4.69, 9.17) is 4.74 Å². The van der Waals surface area contributed by atoms with Gasteiger partial charge >= 0.3 is 5.97 Å². The molecule has 0 aromatic rings. The van der Waals surface area contributed by atoms with Crippen LogP contribution in [0.4, 0.5) is 0 Å². The molecule has 2 unspecified atom stereocenters. The number of rotatable bonds is 70. The summed E-state index contributed by atoms with van der Waals surface area (Å²) < 4.78 is 5.52. The predicted molar refractivity (Wildman–Crippen MR) is 347 cm³/mol. The van der Waals surface area contributed by atoms with Crippen molar-refractivity contribution in [2.45, 2.75) is 443 Å². The lowest BCUT2D eigenvalue weighted by atomic mass is 10.0. The smallest absolute Gasteiger partial charge is 0.305 e. The maximum Gasteiger partial charge on any atom is 0.305 e. The number of aliphatic hydroxyl groups excluding tert-OH is 2. The molecule has 79 heavy (non-hydrogen) atoms. The number of hydrogen-bond donors (Lipinski definition) is 3. The standard InChI is InChI=1S/C73H145NO5/c1-3-5-7-9-11-13-15-17-19-20-36-39-43-47-51-55-59-63-67-73(78)79-68-64-60-56-52-48-44-40-37-34-32-30-28-26-24-22-21-23-25-27-29-31-33-35-38-42-46-50-54-58-62-66-72(77)74-70(69-75)71(76)65-61-57-53-49-45-41-18-16-14-12-10-8-6-4-2/h70-71,75-76H,3-69H2,1-2H3,(H,74,77). The SMILES string of the molecule is CCCCCCCCCCCCCCCCCCCCC(=O)OCCCCCCCCCCCCCCCCCCCCCCCCCCCCCCCCC(=O)NC(CO)C(O)CCCCCCCCCCCCCCCC. The predicted octanol–water partition coefficient (Wildman–Crippen LogP) is 23.8. The first-order chi connectivity index (χ1) is 39.0. The van der Waals surface area contributed by atoms with Gasteiger partial charge in [-0.2, -0.15) is 0 Å². The lowest BCUT2D eigenvalue weighted by Crippen LogP contribution is -2.45. The van der Waals surface area contributed by atoms with Crippen molar-refractivity contribution in [3.8, 4) is 0 Å². The van der Waals surface area contributed by atoms with E-state index in [9.17, 15) is 19.8 Å². The Morgan fingerprint density at radius 2 is 0.519 bits per heavy atom. The van der Waals surface area contributed by atoms with Crippen LogP contribution in [0.3, 0.4) is 0 Å². The average molecular weight is 1120 g/mol. The Hall–Kier alpha value is -1.14. The van der Waals surface area contributed by atoms with E-state index in [0.717, 1.165) is 38.5 Å². The number of ether oxygens (including phenoxy) is 1. The highest BCUT2D eigenvalue weighted by atomic mass is 16.5. The second kappa shape index (κ2) is 69.4. The summed E-state index contributed by atoms with van der Waals surface area (Å²) >= 11 is 0. The van der Waals surface area contributed by atoms with Crippen molar-refractivity contribution in [1.82, 2.24) is 5.32 Å². The van der Waals surface area contributed by atoms with Crippen molar-refractivity contribution in [2.24, 2.45) is 0 Å². The largest absolute Gasteiger partial charge is 0.466 e. The quantitative estimate of drug-likeness (QED) is 0.0417. The van der Waals surface area contributed by atoms with Crippen molar-refractivity contribution in [3.05, 3.63) is 0 Å². The molecule has 0 rings (SSSR count). The molecule has 0 fully saturated rings. The number of hydrogen-bond acceptors (Lipinski definition) is 5. The van der Waals surface area contributed by atoms with E-state index in [1.165, 1.54) is 360 Å². The zero-order valence-electron chi connectivity index (χ0n) is 54.2. The third-order valence-corrected chi connectivity index (χ3v) is 17.7. The maximum absolute atomic E-state index is 12.5. The van der Waals surface area contributed by atoms with E-state index in [0.29, 0.717) is 25.9 Å². The molecule has 0 heterocycles. The molecule has 0 aromatic heterocycles. The molecule has 0 aliphatic heterocycles. The normalized spacial score (nSPS) is 12.4. The van der Waals surface area contributed by atoms with Gasteiger partial charge in [-0.05, 0) is 25.7 Å². The number of amides is 1. The lowest BCUT2D eigenvalue weighted by Gasteiger charge is -2.22.